The molecule has 1 aromatic carbocycles. The lowest BCUT2D eigenvalue weighted by Gasteiger charge is -2.10. The second-order valence-electron chi connectivity index (χ2n) is 4.49. The van der Waals surface area contributed by atoms with Gasteiger partial charge >= 0.3 is 0 Å². The van der Waals surface area contributed by atoms with Crippen LogP contribution in [0.5, 0.6) is 11.6 Å². The molecule has 1 N–H and O–H groups in total. The zero-order valence-corrected chi connectivity index (χ0v) is 11.3. The Morgan fingerprint density at radius 2 is 2.05 bits per heavy atom. The summed E-state index contributed by atoms with van der Waals surface area (Å²) >= 11 is 0. The highest BCUT2D eigenvalue weighted by molar-refractivity contribution is 5.36. The normalized spacial score (nSPS) is 10.5. The first-order valence-corrected chi connectivity index (χ1v) is 6.15. The molecule has 100 valence electrons. The van der Waals surface area contributed by atoms with Crippen molar-refractivity contribution < 1.29 is 9.13 Å². The minimum Gasteiger partial charge on any atom is -0.436 e. The summed E-state index contributed by atoms with van der Waals surface area (Å²) in [6, 6.07) is 7.05. The molecular formula is C15H17FN2O. The van der Waals surface area contributed by atoms with Crippen molar-refractivity contribution in [1.82, 2.24) is 10.3 Å². The molecule has 4 heteroatoms. The van der Waals surface area contributed by atoms with Crippen molar-refractivity contribution in [2.45, 2.75) is 20.4 Å². The number of ether oxygens (including phenoxy) is 1. The lowest BCUT2D eigenvalue weighted by Crippen LogP contribution is -2.06. The van der Waals surface area contributed by atoms with E-state index in [2.05, 4.69) is 10.3 Å². The first kappa shape index (κ1) is 13.5. The number of pyridine rings is 1. The monoisotopic (exact) mass is 260 g/mol. The molecule has 19 heavy (non-hydrogen) atoms. The molecule has 3 nitrogen and oxygen atoms in total. The molecule has 1 aromatic heterocycles. The second kappa shape index (κ2) is 5.80. The van der Waals surface area contributed by atoms with Crippen LogP contribution in [0.3, 0.4) is 0 Å². The lowest BCUT2D eigenvalue weighted by atomic mass is 10.2. The third-order valence-corrected chi connectivity index (χ3v) is 2.83. The number of halogens is 1. The fraction of sp³-hybridized carbons (Fsp3) is 0.267. The predicted molar refractivity (Wildman–Crippen MR) is 72.9 cm³/mol. The molecule has 2 aromatic rings. The summed E-state index contributed by atoms with van der Waals surface area (Å²) in [5.74, 6) is 0.296. The number of hydrogen-bond donors (Lipinski definition) is 1. The Morgan fingerprint density at radius 3 is 2.74 bits per heavy atom. The number of aromatic nitrogens is 1. The Hall–Kier alpha value is -1.94. The van der Waals surface area contributed by atoms with Crippen molar-refractivity contribution in [2.24, 2.45) is 0 Å². The number of rotatable bonds is 4. The molecular weight excluding hydrogens is 243 g/mol. The van der Waals surface area contributed by atoms with Crippen LogP contribution in [0, 0.1) is 19.7 Å². The molecule has 0 unspecified atom stereocenters. The van der Waals surface area contributed by atoms with E-state index in [1.165, 1.54) is 0 Å². The fourth-order valence-corrected chi connectivity index (χ4v) is 1.83. The molecule has 0 amide bonds. The van der Waals surface area contributed by atoms with Crippen LogP contribution in [0.4, 0.5) is 4.39 Å². The fourth-order valence-electron chi connectivity index (χ4n) is 1.83. The zero-order chi connectivity index (χ0) is 13.8. The van der Waals surface area contributed by atoms with Gasteiger partial charge in [-0.15, -0.1) is 0 Å². The predicted octanol–water partition coefficient (Wildman–Crippen LogP) is 3.35. The third kappa shape index (κ3) is 3.09. The van der Waals surface area contributed by atoms with E-state index < -0.39 is 0 Å². The van der Waals surface area contributed by atoms with Crippen LogP contribution in [-0.2, 0) is 6.54 Å². The number of benzene rings is 1. The van der Waals surface area contributed by atoms with Gasteiger partial charge in [0.15, 0.2) is 11.6 Å². The van der Waals surface area contributed by atoms with Gasteiger partial charge in [0.05, 0.1) is 0 Å². The highest BCUT2D eigenvalue weighted by Gasteiger charge is 2.10. The third-order valence-electron chi connectivity index (χ3n) is 2.83. The molecule has 0 saturated heterocycles. The van der Waals surface area contributed by atoms with Gasteiger partial charge < -0.3 is 10.1 Å². The molecule has 0 fully saturated rings. The summed E-state index contributed by atoms with van der Waals surface area (Å²) in [4.78, 5) is 4.23. The molecule has 2 rings (SSSR count). The van der Waals surface area contributed by atoms with E-state index in [9.17, 15) is 4.39 Å². The van der Waals surface area contributed by atoms with Crippen molar-refractivity contribution in [3.8, 4) is 11.6 Å². The summed E-state index contributed by atoms with van der Waals surface area (Å²) in [6.45, 7) is 4.35. The number of nitrogens with zero attached hydrogens (tertiary/aromatic N) is 1. The Morgan fingerprint density at radius 1 is 1.26 bits per heavy atom. The highest BCUT2D eigenvalue weighted by Crippen LogP contribution is 2.27. The van der Waals surface area contributed by atoms with Crippen LogP contribution >= 0.6 is 0 Å². The largest absolute Gasteiger partial charge is 0.436 e. The quantitative estimate of drug-likeness (QED) is 0.915. The second-order valence-corrected chi connectivity index (χ2v) is 4.49. The molecule has 0 saturated carbocycles. The van der Waals surface area contributed by atoms with Gasteiger partial charge in [0.25, 0.3) is 0 Å². The van der Waals surface area contributed by atoms with Crippen molar-refractivity contribution >= 4 is 0 Å². The number of nitrogens with one attached hydrogen (secondary N) is 1. The summed E-state index contributed by atoms with van der Waals surface area (Å²) in [5, 5.41) is 3.06. The first-order valence-electron chi connectivity index (χ1n) is 6.15. The minimum atomic E-state index is -0.344. The summed E-state index contributed by atoms with van der Waals surface area (Å²) in [5.41, 5.74) is 2.51. The summed E-state index contributed by atoms with van der Waals surface area (Å²) in [6.07, 6.45) is 1.73. The van der Waals surface area contributed by atoms with Crippen LogP contribution in [0.2, 0.25) is 0 Å². The SMILES string of the molecule is CNCc1cnc(Oc2cccc(C)c2F)c(C)c1. The highest BCUT2D eigenvalue weighted by atomic mass is 19.1. The molecule has 0 spiro atoms. The van der Waals surface area contributed by atoms with Crippen LogP contribution in [0.1, 0.15) is 16.7 Å². The Bertz CT molecular complexity index is 584. The van der Waals surface area contributed by atoms with E-state index in [1.54, 1.807) is 31.3 Å². The van der Waals surface area contributed by atoms with Gasteiger partial charge in [-0.25, -0.2) is 9.37 Å². The molecule has 0 aliphatic rings. The van der Waals surface area contributed by atoms with Crippen molar-refractivity contribution in [3.05, 3.63) is 53.0 Å². The van der Waals surface area contributed by atoms with Crippen LogP contribution in [0.25, 0.3) is 0 Å². The average Bonchev–Trinajstić information content (AvgIpc) is 2.38. The van der Waals surface area contributed by atoms with E-state index in [1.807, 2.05) is 20.0 Å². The van der Waals surface area contributed by atoms with Crippen LogP contribution in [0.15, 0.2) is 30.5 Å². The van der Waals surface area contributed by atoms with Gasteiger partial charge in [0.1, 0.15) is 0 Å². The maximum atomic E-state index is 13.9. The Kier molecular flexibility index (Phi) is 4.12. The molecule has 0 radical (unpaired) electrons. The van der Waals surface area contributed by atoms with E-state index in [0.29, 0.717) is 11.4 Å². The summed E-state index contributed by atoms with van der Waals surface area (Å²) < 4.78 is 19.4. The van der Waals surface area contributed by atoms with Crippen molar-refractivity contribution in [3.63, 3.8) is 0 Å². The molecule has 0 aliphatic carbocycles. The number of hydrogen-bond acceptors (Lipinski definition) is 3. The van der Waals surface area contributed by atoms with Gasteiger partial charge in [0, 0.05) is 18.3 Å². The minimum absolute atomic E-state index is 0.206. The maximum Gasteiger partial charge on any atom is 0.222 e. The molecule has 0 atom stereocenters. The van der Waals surface area contributed by atoms with Gasteiger partial charge in [-0.1, -0.05) is 12.1 Å². The van der Waals surface area contributed by atoms with Gasteiger partial charge in [-0.3, -0.25) is 0 Å². The molecule has 0 bridgehead atoms. The average molecular weight is 260 g/mol. The van der Waals surface area contributed by atoms with E-state index >= 15 is 0 Å². The van der Waals surface area contributed by atoms with Gasteiger partial charge in [-0.2, -0.15) is 0 Å². The standard InChI is InChI=1S/C15H17FN2O/c1-10-5-4-6-13(14(10)16)19-15-11(2)7-12(8-17-3)9-18-15/h4-7,9,17H,8H2,1-3H3. The first-order chi connectivity index (χ1) is 9.11. The topological polar surface area (TPSA) is 34.2 Å². The number of aryl methyl sites for hydroxylation is 2. The van der Waals surface area contributed by atoms with E-state index in [-0.39, 0.29) is 11.6 Å². The lowest BCUT2D eigenvalue weighted by molar-refractivity contribution is 0.422. The van der Waals surface area contributed by atoms with Crippen LogP contribution < -0.4 is 10.1 Å². The Balaban J connectivity index is 2.26. The molecule has 0 aliphatic heterocycles. The van der Waals surface area contributed by atoms with Crippen molar-refractivity contribution in [1.29, 1.82) is 0 Å². The zero-order valence-electron chi connectivity index (χ0n) is 11.3. The smallest absolute Gasteiger partial charge is 0.222 e. The summed E-state index contributed by atoms with van der Waals surface area (Å²) in [7, 11) is 1.88. The van der Waals surface area contributed by atoms with Crippen molar-refractivity contribution in [2.75, 3.05) is 7.05 Å². The molecule has 1 heterocycles. The van der Waals surface area contributed by atoms with Gasteiger partial charge in [0.2, 0.25) is 5.88 Å². The van der Waals surface area contributed by atoms with Gasteiger partial charge in [-0.05, 0) is 44.2 Å². The maximum absolute atomic E-state index is 13.9. The van der Waals surface area contributed by atoms with Crippen LogP contribution in [-0.4, -0.2) is 12.0 Å². The van der Waals surface area contributed by atoms with E-state index in [0.717, 1.165) is 17.7 Å². The Labute approximate surface area is 112 Å². The van der Waals surface area contributed by atoms with E-state index in [4.69, 9.17) is 4.74 Å².